The quantitative estimate of drug-likeness (QED) is 0.936. The third-order valence-corrected chi connectivity index (χ3v) is 3.66. The minimum Gasteiger partial charge on any atom is -0.497 e. The molecule has 3 nitrogen and oxygen atoms in total. The van der Waals surface area contributed by atoms with Crippen LogP contribution in [0, 0.1) is 19.7 Å². The van der Waals surface area contributed by atoms with Crippen LogP contribution in [0.1, 0.15) is 28.3 Å². The SMILES string of the molecule is COc1ccc(C(N)c2cc(C)c(OC)cc2C)c(F)c1. The third kappa shape index (κ3) is 3.00. The summed E-state index contributed by atoms with van der Waals surface area (Å²) in [5, 5.41) is 0. The summed E-state index contributed by atoms with van der Waals surface area (Å²) >= 11 is 0. The Balaban J connectivity index is 2.45. The van der Waals surface area contributed by atoms with Gasteiger partial charge >= 0.3 is 0 Å². The van der Waals surface area contributed by atoms with Crippen LogP contribution in [0.2, 0.25) is 0 Å². The molecule has 0 aliphatic heterocycles. The maximum absolute atomic E-state index is 14.2. The Labute approximate surface area is 124 Å². The van der Waals surface area contributed by atoms with Gasteiger partial charge in [-0.1, -0.05) is 12.1 Å². The summed E-state index contributed by atoms with van der Waals surface area (Å²) < 4.78 is 24.5. The molecule has 0 aliphatic rings. The van der Waals surface area contributed by atoms with Gasteiger partial charge in [-0.3, -0.25) is 0 Å². The zero-order valence-electron chi connectivity index (χ0n) is 12.7. The van der Waals surface area contributed by atoms with E-state index in [1.54, 1.807) is 19.2 Å². The molecule has 0 heterocycles. The minimum atomic E-state index is -0.527. The van der Waals surface area contributed by atoms with Gasteiger partial charge in [-0.15, -0.1) is 0 Å². The first-order valence-corrected chi connectivity index (χ1v) is 6.72. The fraction of sp³-hybridized carbons (Fsp3) is 0.294. The molecule has 1 atom stereocenters. The van der Waals surface area contributed by atoms with E-state index in [9.17, 15) is 4.39 Å². The zero-order valence-corrected chi connectivity index (χ0v) is 12.7. The van der Waals surface area contributed by atoms with E-state index in [4.69, 9.17) is 15.2 Å². The first-order valence-electron chi connectivity index (χ1n) is 6.72. The summed E-state index contributed by atoms with van der Waals surface area (Å²) in [6.07, 6.45) is 0. The highest BCUT2D eigenvalue weighted by molar-refractivity contribution is 5.46. The van der Waals surface area contributed by atoms with Crippen LogP contribution in [0.3, 0.4) is 0 Å². The third-order valence-electron chi connectivity index (χ3n) is 3.66. The van der Waals surface area contributed by atoms with Crippen LogP contribution in [0.5, 0.6) is 11.5 Å². The Morgan fingerprint density at radius 2 is 1.67 bits per heavy atom. The maximum atomic E-state index is 14.2. The molecule has 0 amide bonds. The lowest BCUT2D eigenvalue weighted by Gasteiger charge is -2.18. The van der Waals surface area contributed by atoms with Gasteiger partial charge in [0, 0.05) is 11.6 Å². The van der Waals surface area contributed by atoms with Crippen molar-refractivity contribution in [2.24, 2.45) is 5.73 Å². The molecule has 0 saturated carbocycles. The van der Waals surface area contributed by atoms with Crippen LogP contribution in [0.15, 0.2) is 30.3 Å². The lowest BCUT2D eigenvalue weighted by Crippen LogP contribution is -2.15. The van der Waals surface area contributed by atoms with Crippen molar-refractivity contribution >= 4 is 0 Å². The van der Waals surface area contributed by atoms with Crippen molar-refractivity contribution in [3.63, 3.8) is 0 Å². The van der Waals surface area contributed by atoms with E-state index < -0.39 is 6.04 Å². The molecule has 0 saturated heterocycles. The van der Waals surface area contributed by atoms with Crippen molar-refractivity contribution in [1.29, 1.82) is 0 Å². The molecule has 112 valence electrons. The van der Waals surface area contributed by atoms with Gasteiger partial charge in [-0.25, -0.2) is 4.39 Å². The monoisotopic (exact) mass is 289 g/mol. The van der Waals surface area contributed by atoms with Gasteiger partial charge in [0.15, 0.2) is 0 Å². The van der Waals surface area contributed by atoms with E-state index >= 15 is 0 Å². The van der Waals surface area contributed by atoms with Gasteiger partial charge < -0.3 is 15.2 Å². The second kappa shape index (κ2) is 6.14. The molecular weight excluding hydrogens is 269 g/mol. The summed E-state index contributed by atoms with van der Waals surface area (Å²) in [4.78, 5) is 0. The normalized spacial score (nSPS) is 12.1. The average Bonchev–Trinajstić information content (AvgIpc) is 2.48. The molecule has 2 rings (SSSR count). The van der Waals surface area contributed by atoms with Crippen LogP contribution in [-0.2, 0) is 0 Å². The number of ether oxygens (including phenoxy) is 2. The fourth-order valence-corrected chi connectivity index (χ4v) is 2.42. The van der Waals surface area contributed by atoms with Crippen molar-refractivity contribution < 1.29 is 13.9 Å². The van der Waals surface area contributed by atoms with Crippen molar-refractivity contribution in [3.05, 3.63) is 58.4 Å². The molecule has 0 aromatic heterocycles. The van der Waals surface area contributed by atoms with Crippen LogP contribution in [0.25, 0.3) is 0 Å². The lowest BCUT2D eigenvalue weighted by molar-refractivity contribution is 0.410. The molecule has 0 fully saturated rings. The van der Waals surface area contributed by atoms with Gasteiger partial charge in [0.05, 0.1) is 20.3 Å². The number of halogens is 1. The number of methoxy groups -OCH3 is 2. The molecular formula is C17H20FNO2. The highest BCUT2D eigenvalue weighted by Gasteiger charge is 2.17. The van der Waals surface area contributed by atoms with E-state index in [2.05, 4.69) is 0 Å². The summed E-state index contributed by atoms with van der Waals surface area (Å²) in [7, 11) is 3.13. The predicted octanol–water partition coefficient (Wildman–Crippen LogP) is 3.51. The molecule has 2 N–H and O–H groups in total. The Morgan fingerprint density at radius 3 is 2.24 bits per heavy atom. The Morgan fingerprint density at radius 1 is 0.952 bits per heavy atom. The molecule has 0 spiro atoms. The number of benzene rings is 2. The highest BCUT2D eigenvalue weighted by atomic mass is 19.1. The fourth-order valence-electron chi connectivity index (χ4n) is 2.42. The lowest BCUT2D eigenvalue weighted by atomic mass is 9.93. The molecule has 21 heavy (non-hydrogen) atoms. The van der Waals surface area contributed by atoms with Crippen LogP contribution < -0.4 is 15.2 Å². The molecule has 1 unspecified atom stereocenters. The predicted molar refractivity (Wildman–Crippen MR) is 81.5 cm³/mol. The standard InChI is InChI=1S/C17H20FNO2/c1-10-8-16(21-4)11(2)7-14(10)17(19)13-6-5-12(20-3)9-15(13)18/h5-9,17H,19H2,1-4H3. The molecule has 2 aromatic rings. The minimum absolute atomic E-state index is 0.366. The van der Waals surface area contributed by atoms with Crippen molar-refractivity contribution in [2.45, 2.75) is 19.9 Å². The largest absolute Gasteiger partial charge is 0.497 e. The van der Waals surface area contributed by atoms with Gasteiger partial charge in [-0.2, -0.15) is 0 Å². The summed E-state index contributed by atoms with van der Waals surface area (Å²) in [6, 6.07) is 8.07. The zero-order chi connectivity index (χ0) is 15.6. The first kappa shape index (κ1) is 15.3. The van der Waals surface area contributed by atoms with Crippen molar-refractivity contribution in [1.82, 2.24) is 0 Å². The number of rotatable bonds is 4. The second-order valence-corrected chi connectivity index (χ2v) is 5.04. The Kier molecular flexibility index (Phi) is 4.48. The van der Waals surface area contributed by atoms with Crippen LogP contribution in [0.4, 0.5) is 4.39 Å². The van der Waals surface area contributed by atoms with E-state index in [1.807, 2.05) is 26.0 Å². The molecule has 0 radical (unpaired) electrons. The topological polar surface area (TPSA) is 44.5 Å². The Bertz CT molecular complexity index is 655. The summed E-state index contributed by atoms with van der Waals surface area (Å²) in [5.74, 6) is 0.916. The first-order chi connectivity index (χ1) is 9.97. The summed E-state index contributed by atoms with van der Waals surface area (Å²) in [6.45, 7) is 3.89. The second-order valence-electron chi connectivity index (χ2n) is 5.04. The molecule has 0 aliphatic carbocycles. The number of hydrogen-bond donors (Lipinski definition) is 1. The smallest absolute Gasteiger partial charge is 0.132 e. The van der Waals surface area contributed by atoms with Gasteiger partial charge in [-0.05, 0) is 42.7 Å². The van der Waals surface area contributed by atoms with E-state index in [0.717, 1.165) is 22.4 Å². The van der Waals surface area contributed by atoms with Crippen LogP contribution in [-0.4, -0.2) is 14.2 Å². The van der Waals surface area contributed by atoms with E-state index in [0.29, 0.717) is 11.3 Å². The van der Waals surface area contributed by atoms with E-state index in [1.165, 1.54) is 13.2 Å². The van der Waals surface area contributed by atoms with Crippen LogP contribution >= 0.6 is 0 Å². The molecule has 2 aromatic carbocycles. The Hall–Kier alpha value is -2.07. The summed E-state index contributed by atoms with van der Waals surface area (Å²) in [5.41, 5.74) is 9.53. The van der Waals surface area contributed by atoms with E-state index in [-0.39, 0.29) is 5.82 Å². The number of hydrogen-bond acceptors (Lipinski definition) is 3. The molecule has 4 heteroatoms. The highest BCUT2D eigenvalue weighted by Crippen LogP contribution is 2.31. The number of aryl methyl sites for hydroxylation is 2. The average molecular weight is 289 g/mol. The van der Waals surface area contributed by atoms with Gasteiger partial charge in [0.1, 0.15) is 17.3 Å². The van der Waals surface area contributed by atoms with Gasteiger partial charge in [0.2, 0.25) is 0 Å². The van der Waals surface area contributed by atoms with Crippen molar-refractivity contribution in [3.8, 4) is 11.5 Å². The van der Waals surface area contributed by atoms with Gasteiger partial charge in [0.25, 0.3) is 0 Å². The number of nitrogens with two attached hydrogens (primary N) is 1. The molecule has 0 bridgehead atoms. The van der Waals surface area contributed by atoms with Crippen molar-refractivity contribution in [2.75, 3.05) is 14.2 Å². The maximum Gasteiger partial charge on any atom is 0.132 e.